The summed E-state index contributed by atoms with van der Waals surface area (Å²) in [5, 5.41) is 0.798. The topological polar surface area (TPSA) is 0 Å². The first-order chi connectivity index (χ1) is 5.33. The van der Waals surface area contributed by atoms with Crippen molar-refractivity contribution in [2.24, 2.45) is 0 Å². The Morgan fingerprint density at radius 2 is 1.91 bits per heavy atom. The molecule has 1 aromatic rings. The normalized spacial score (nSPS) is 10.7. The summed E-state index contributed by atoms with van der Waals surface area (Å²) in [5.41, 5.74) is 0. The molecule has 0 fully saturated rings. The van der Waals surface area contributed by atoms with E-state index in [1.54, 1.807) is 0 Å². The van der Waals surface area contributed by atoms with Gasteiger partial charge in [0.15, 0.2) is 0 Å². The Morgan fingerprint density at radius 3 is 2.45 bits per heavy atom. The zero-order valence-electron chi connectivity index (χ0n) is 5.63. The molecule has 0 saturated carbocycles. The Bertz CT molecular complexity index is 243. The minimum atomic E-state index is 0.425. The predicted octanol–water partition coefficient (Wildman–Crippen LogP) is 2.54. The van der Waals surface area contributed by atoms with Gasteiger partial charge in [0.05, 0.1) is 0 Å². The van der Waals surface area contributed by atoms with Crippen LogP contribution in [0.1, 0.15) is 0 Å². The van der Waals surface area contributed by atoms with Gasteiger partial charge >= 0.3 is 86.2 Å². The van der Waals surface area contributed by atoms with Crippen LogP contribution in [0.2, 0.25) is 5.02 Å². The van der Waals surface area contributed by atoms with Gasteiger partial charge in [-0.2, -0.15) is 0 Å². The summed E-state index contributed by atoms with van der Waals surface area (Å²) in [7, 11) is 0. The predicted molar refractivity (Wildman–Crippen MR) is 54.9 cm³/mol. The van der Waals surface area contributed by atoms with Crippen LogP contribution in [0, 0.1) is 0 Å². The van der Waals surface area contributed by atoms with E-state index in [0.717, 1.165) is 5.02 Å². The molecular formula is C8H6BrClSe. The van der Waals surface area contributed by atoms with Crippen molar-refractivity contribution in [2.45, 2.75) is 0 Å². The summed E-state index contributed by atoms with van der Waals surface area (Å²) in [4.78, 5) is 4.00. The molecule has 58 valence electrons. The molecule has 0 unspecified atom stereocenters. The molecule has 0 radical (unpaired) electrons. The molecule has 0 heterocycles. The fourth-order valence-electron chi connectivity index (χ4n) is 0.617. The van der Waals surface area contributed by atoms with Crippen LogP contribution in [-0.2, 0) is 0 Å². The van der Waals surface area contributed by atoms with Gasteiger partial charge in [0, 0.05) is 0 Å². The van der Waals surface area contributed by atoms with Crippen LogP contribution in [0.25, 0.3) is 0 Å². The van der Waals surface area contributed by atoms with Crippen LogP contribution in [0.5, 0.6) is 0 Å². The van der Waals surface area contributed by atoms with Crippen molar-refractivity contribution in [3.8, 4) is 0 Å². The van der Waals surface area contributed by atoms with Gasteiger partial charge in [-0.25, -0.2) is 0 Å². The van der Waals surface area contributed by atoms with Crippen molar-refractivity contribution in [3.63, 3.8) is 0 Å². The molecule has 0 spiro atoms. The van der Waals surface area contributed by atoms with Crippen molar-refractivity contribution < 1.29 is 0 Å². The first-order valence-electron chi connectivity index (χ1n) is 3.00. The van der Waals surface area contributed by atoms with E-state index in [0.29, 0.717) is 15.0 Å². The average molecular weight is 296 g/mol. The van der Waals surface area contributed by atoms with Gasteiger partial charge in [-0.1, -0.05) is 0 Å². The number of rotatable bonds is 2. The molecule has 0 N–H and O–H groups in total. The molecule has 0 saturated heterocycles. The van der Waals surface area contributed by atoms with Crippen molar-refractivity contribution in [2.75, 3.05) is 0 Å². The van der Waals surface area contributed by atoms with Gasteiger partial charge in [-0.15, -0.1) is 0 Å². The summed E-state index contributed by atoms with van der Waals surface area (Å²) < 4.78 is 1.33. The Hall–Kier alpha value is 0.249. The van der Waals surface area contributed by atoms with Crippen LogP contribution in [0.15, 0.2) is 34.2 Å². The molecule has 11 heavy (non-hydrogen) atoms. The van der Waals surface area contributed by atoms with E-state index in [4.69, 9.17) is 11.6 Å². The molecule has 0 aliphatic rings. The summed E-state index contributed by atoms with van der Waals surface area (Å²) in [6.45, 7) is 0. The van der Waals surface area contributed by atoms with E-state index >= 15 is 0 Å². The van der Waals surface area contributed by atoms with Gasteiger partial charge in [0.1, 0.15) is 0 Å². The molecule has 0 aromatic heterocycles. The second-order valence-corrected chi connectivity index (χ2v) is 4.85. The maximum atomic E-state index is 5.73. The third-order valence-electron chi connectivity index (χ3n) is 1.07. The second-order valence-electron chi connectivity index (χ2n) is 1.83. The molecule has 3 heteroatoms. The molecular weight excluding hydrogens is 290 g/mol. The molecule has 1 aromatic carbocycles. The number of hydrogen-bond acceptors (Lipinski definition) is 0. The first-order valence-corrected chi connectivity index (χ1v) is 6.14. The van der Waals surface area contributed by atoms with Crippen LogP contribution < -0.4 is 4.46 Å². The fraction of sp³-hybridized carbons (Fsp3) is 0. The van der Waals surface area contributed by atoms with E-state index in [2.05, 4.69) is 33.0 Å². The van der Waals surface area contributed by atoms with Gasteiger partial charge in [-0.3, -0.25) is 0 Å². The number of benzene rings is 1. The molecule has 0 nitrogen and oxygen atoms in total. The molecule has 1 rings (SSSR count). The summed E-state index contributed by atoms with van der Waals surface area (Å²) in [5.74, 6) is 0. The van der Waals surface area contributed by atoms with Gasteiger partial charge in [0.2, 0.25) is 0 Å². The van der Waals surface area contributed by atoms with Crippen LogP contribution in [0.3, 0.4) is 0 Å². The van der Waals surface area contributed by atoms with Crippen molar-refractivity contribution >= 4 is 46.9 Å². The Labute approximate surface area is 85.9 Å². The molecule has 0 aliphatic carbocycles. The van der Waals surface area contributed by atoms with Crippen LogP contribution >= 0.6 is 27.5 Å². The summed E-state index contributed by atoms with van der Waals surface area (Å²) >= 11 is 9.38. The van der Waals surface area contributed by atoms with Crippen molar-refractivity contribution in [1.29, 1.82) is 0 Å². The first kappa shape index (κ1) is 9.34. The van der Waals surface area contributed by atoms with Crippen molar-refractivity contribution in [1.82, 2.24) is 0 Å². The van der Waals surface area contributed by atoms with Crippen molar-refractivity contribution in [3.05, 3.63) is 39.2 Å². The monoisotopic (exact) mass is 296 g/mol. The average Bonchev–Trinajstić information content (AvgIpc) is 2.04. The SMILES string of the molecule is Clc1ccc([Se]/C=C/Br)cc1. The summed E-state index contributed by atoms with van der Waals surface area (Å²) in [6, 6.07) is 7.94. The van der Waals surface area contributed by atoms with E-state index in [1.165, 1.54) is 4.46 Å². The third kappa shape index (κ3) is 3.44. The Balaban J connectivity index is 2.66. The van der Waals surface area contributed by atoms with E-state index in [1.807, 2.05) is 17.1 Å². The number of hydrogen-bond donors (Lipinski definition) is 0. The third-order valence-corrected chi connectivity index (χ3v) is 4.09. The second kappa shape index (κ2) is 5.00. The van der Waals surface area contributed by atoms with Gasteiger partial charge < -0.3 is 0 Å². The Morgan fingerprint density at radius 1 is 1.27 bits per heavy atom. The zero-order valence-corrected chi connectivity index (χ0v) is 9.68. The molecule has 0 amide bonds. The molecule has 0 atom stereocenters. The molecule has 0 aliphatic heterocycles. The van der Waals surface area contributed by atoms with E-state index in [9.17, 15) is 0 Å². The van der Waals surface area contributed by atoms with E-state index < -0.39 is 0 Å². The van der Waals surface area contributed by atoms with Crippen LogP contribution in [0.4, 0.5) is 0 Å². The number of halogens is 2. The standard InChI is InChI=1S/C8H6BrClSe/c9-5-6-11-8-3-1-7(10)2-4-8/h1-6H/b6-5+. The minimum absolute atomic E-state index is 0.425. The van der Waals surface area contributed by atoms with Gasteiger partial charge in [-0.05, 0) is 0 Å². The summed E-state index contributed by atoms with van der Waals surface area (Å²) in [6.07, 6.45) is 0. The molecule has 0 bridgehead atoms. The quantitative estimate of drug-likeness (QED) is 0.736. The fourth-order valence-corrected chi connectivity index (χ4v) is 2.36. The van der Waals surface area contributed by atoms with Crippen LogP contribution in [-0.4, -0.2) is 15.0 Å². The van der Waals surface area contributed by atoms with E-state index in [-0.39, 0.29) is 0 Å². The maximum absolute atomic E-state index is 5.73. The van der Waals surface area contributed by atoms with Gasteiger partial charge in [0.25, 0.3) is 0 Å². The zero-order chi connectivity index (χ0) is 8.10. The Kier molecular flexibility index (Phi) is 4.24.